The van der Waals surface area contributed by atoms with Crippen LogP contribution in [0.1, 0.15) is 38.2 Å². The molecule has 0 atom stereocenters. The molecule has 4 nitrogen and oxygen atoms in total. The normalized spacial score (nSPS) is 10.3. The number of benzene rings is 1. The third kappa shape index (κ3) is 5.80. The van der Waals surface area contributed by atoms with E-state index in [2.05, 4.69) is 0 Å². The number of hydrogen-bond donors (Lipinski definition) is 1. The van der Waals surface area contributed by atoms with E-state index in [-0.39, 0.29) is 5.97 Å². The first kappa shape index (κ1) is 16.8. The molecule has 0 fully saturated rings. The van der Waals surface area contributed by atoms with Gasteiger partial charge in [-0.1, -0.05) is 23.7 Å². The number of rotatable bonds is 9. The van der Waals surface area contributed by atoms with Gasteiger partial charge in [0.1, 0.15) is 5.75 Å². The second kappa shape index (κ2) is 9.61. The molecule has 0 aliphatic carbocycles. The molecular formula is C15H22ClNO3. The summed E-state index contributed by atoms with van der Waals surface area (Å²) in [6.07, 6.45) is 3.07. The first-order valence-electron chi connectivity index (χ1n) is 6.95. The number of ether oxygens (including phenoxy) is 2. The van der Waals surface area contributed by atoms with Crippen LogP contribution >= 0.6 is 11.6 Å². The molecule has 1 aromatic carbocycles. The van der Waals surface area contributed by atoms with Gasteiger partial charge >= 0.3 is 5.97 Å². The van der Waals surface area contributed by atoms with Crippen LogP contribution in [0.3, 0.4) is 0 Å². The molecule has 0 aliphatic rings. The minimum Gasteiger partial charge on any atom is -0.492 e. The number of nitrogens with two attached hydrogens (primary N) is 1. The van der Waals surface area contributed by atoms with Crippen LogP contribution in [0.5, 0.6) is 5.75 Å². The van der Waals surface area contributed by atoms with E-state index in [0.717, 1.165) is 24.8 Å². The Bertz CT molecular complexity index is 424. The van der Waals surface area contributed by atoms with Gasteiger partial charge in [0.2, 0.25) is 0 Å². The van der Waals surface area contributed by atoms with E-state index in [4.69, 9.17) is 26.8 Å². The fourth-order valence-electron chi connectivity index (χ4n) is 1.83. The first-order valence-corrected chi connectivity index (χ1v) is 7.32. The first-order chi connectivity index (χ1) is 9.69. The number of esters is 1. The van der Waals surface area contributed by atoms with Gasteiger partial charge in [0.05, 0.1) is 18.2 Å². The zero-order valence-corrected chi connectivity index (χ0v) is 12.6. The van der Waals surface area contributed by atoms with Crippen molar-refractivity contribution >= 4 is 17.6 Å². The predicted octanol–water partition coefficient (Wildman–Crippen LogP) is 3.30. The third-order valence-electron chi connectivity index (χ3n) is 2.85. The van der Waals surface area contributed by atoms with Gasteiger partial charge in [-0.3, -0.25) is 4.79 Å². The Labute approximate surface area is 125 Å². The molecule has 5 heteroatoms. The summed E-state index contributed by atoms with van der Waals surface area (Å²) in [4.78, 5) is 11.1. The van der Waals surface area contributed by atoms with Crippen molar-refractivity contribution in [3.05, 3.63) is 28.8 Å². The molecule has 0 radical (unpaired) electrons. The van der Waals surface area contributed by atoms with E-state index in [1.807, 2.05) is 19.1 Å². The standard InChI is InChI=1S/C15H22ClNO3/c1-2-19-14(18)9-4-3-5-10-20-15-12(11-17)7-6-8-13(15)16/h6-8H,2-5,9-11,17H2,1H3. The van der Waals surface area contributed by atoms with E-state index in [1.54, 1.807) is 6.07 Å². The fraction of sp³-hybridized carbons (Fsp3) is 0.533. The number of unbranched alkanes of at least 4 members (excludes halogenated alkanes) is 2. The van der Waals surface area contributed by atoms with Crippen molar-refractivity contribution in [1.82, 2.24) is 0 Å². The minimum absolute atomic E-state index is 0.134. The quantitative estimate of drug-likeness (QED) is 0.561. The average molecular weight is 300 g/mol. The second-order valence-corrected chi connectivity index (χ2v) is 4.80. The molecule has 0 saturated heterocycles. The zero-order valence-electron chi connectivity index (χ0n) is 11.9. The summed E-state index contributed by atoms with van der Waals surface area (Å²) in [6, 6.07) is 5.55. The summed E-state index contributed by atoms with van der Waals surface area (Å²) in [5.74, 6) is 0.534. The molecule has 0 aromatic heterocycles. The van der Waals surface area contributed by atoms with Crippen LogP contribution in [0.15, 0.2) is 18.2 Å². The Morgan fingerprint density at radius 3 is 2.80 bits per heavy atom. The van der Waals surface area contributed by atoms with Crippen LogP contribution in [-0.2, 0) is 16.1 Å². The number of halogens is 1. The molecule has 0 saturated carbocycles. The Hall–Kier alpha value is -1.26. The van der Waals surface area contributed by atoms with Gasteiger partial charge in [0, 0.05) is 18.5 Å². The number of hydrogen-bond acceptors (Lipinski definition) is 4. The highest BCUT2D eigenvalue weighted by Crippen LogP contribution is 2.28. The summed E-state index contributed by atoms with van der Waals surface area (Å²) in [6.45, 7) is 3.22. The maximum Gasteiger partial charge on any atom is 0.305 e. The molecule has 20 heavy (non-hydrogen) atoms. The van der Waals surface area contributed by atoms with Crippen molar-refractivity contribution in [3.63, 3.8) is 0 Å². The lowest BCUT2D eigenvalue weighted by molar-refractivity contribution is -0.143. The fourth-order valence-corrected chi connectivity index (χ4v) is 2.08. The van der Waals surface area contributed by atoms with Gasteiger partial charge in [0.15, 0.2) is 0 Å². The monoisotopic (exact) mass is 299 g/mol. The van der Waals surface area contributed by atoms with E-state index in [0.29, 0.717) is 37.0 Å². The molecular weight excluding hydrogens is 278 g/mol. The van der Waals surface area contributed by atoms with Crippen molar-refractivity contribution in [3.8, 4) is 5.75 Å². The van der Waals surface area contributed by atoms with Crippen LogP contribution in [0.25, 0.3) is 0 Å². The molecule has 0 amide bonds. The molecule has 0 spiro atoms. The van der Waals surface area contributed by atoms with Gasteiger partial charge < -0.3 is 15.2 Å². The topological polar surface area (TPSA) is 61.5 Å². The van der Waals surface area contributed by atoms with E-state index in [1.165, 1.54) is 0 Å². The molecule has 2 N–H and O–H groups in total. The van der Waals surface area contributed by atoms with Gasteiger partial charge in [-0.05, 0) is 32.3 Å². The van der Waals surface area contributed by atoms with Crippen molar-refractivity contribution in [2.45, 2.75) is 39.2 Å². The predicted molar refractivity (Wildman–Crippen MR) is 79.9 cm³/mol. The van der Waals surface area contributed by atoms with Crippen molar-refractivity contribution < 1.29 is 14.3 Å². The molecule has 0 heterocycles. The highest BCUT2D eigenvalue weighted by atomic mass is 35.5. The summed E-state index contributed by atoms with van der Waals surface area (Å²) in [7, 11) is 0. The lowest BCUT2D eigenvalue weighted by Crippen LogP contribution is -2.05. The molecule has 1 aromatic rings. The van der Waals surface area contributed by atoms with Gasteiger partial charge in [0.25, 0.3) is 0 Å². The van der Waals surface area contributed by atoms with Crippen LogP contribution < -0.4 is 10.5 Å². The van der Waals surface area contributed by atoms with Crippen molar-refractivity contribution in [2.24, 2.45) is 5.73 Å². The van der Waals surface area contributed by atoms with Crippen LogP contribution in [0, 0.1) is 0 Å². The summed E-state index contributed by atoms with van der Waals surface area (Å²) < 4.78 is 10.5. The second-order valence-electron chi connectivity index (χ2n) is 4.40. The Kier molecular flexibility index (Phi) is 8.07. The number of carbonyl (C=O) groups excluding carboxylic acids is 1. The van der Waals surface area contributed by atoms with Gasteiger partial charge in [-0.25, -0.2) is 0 Å². The third-order valence-corrected chi connectivity index (χ3v) is 3.14. The van der Waals surface area contributed by atoms with E-state index in [9.17, 15) is 4.79 Å². The highest BCUT2D eigenvalue weighted by Gasteiger charge is 2.07. The molecule has 0 bridgehead atoms. The van der Waals surface area contributed by atoms with Crippen molar-refractivity contribution in [2.75, 3.05) is 13.2 Å². The SMILES string of the molecule is CCOC(=O)CCCCCOc1c(Cl)cccc1CN. The smallest absolute Gasteiger partial charge is 0.305 e. The Morgan fingerprint density at radius 2 is 2.10 bits per heavy atom. The molecule has 1 rings (SSSR count). The lowest BCUT2D eigenvalue weighted by Gasteiger charge is -2.11. The average Bonchev–Trinajstić information content (AvgIpc) is 2.44. The number of para-hydroxylation sites is 1. The van der Waals surface area contributed by atoms with Gasteiger partial charge in [-0.15, -0.1) is 0 Å². The summed E-state index contributed by atoms with van der Waals surface area (Å²) in [5.41, 5.74) is 6.55. The maximum atomic E-state index is 11.1. The highest BCUT2D eigenvalue weighted by molar-refractivity contribution is 6.32. The molecule has 0 unspecified atom stereocenters. The van der Waals surface area contributed by atoms with Gasteiger partial charge in [-0.2, -0.15) is 0 Å². The lowest BCUT2D eigenvalue weighted by atomic mass is 10.2. The van der Waals surface area contributed by atoms with Crippen LogP contribution in [0.2, 0.25) is 5.02 Å². The summed E-state index contributed by atoms with van der Waals surface area (Å²) in [5, 5.41) is 0.583. The Balaban J connectivity index is 2.23. The minimum atomic E-state index is -0.134. The van der Waals surface area contributed by atoms with E-state index < -0.39 is 0 Å². The van der Waals surface area contributed by atoms with Crippen LogP contribution in [-0.4, -0.2) is 19.2 Å². The number of carbonyl (C=O) groups is 1. The Morgan fingerprint density at radius 1 is 1.30 bits per heavy atom. The summed E-state index contributed by atoms with van der Waals surface area (Å²) >= 11 is 6.08. The van der Waals surface area contributed by atoms with Crippen molar-refractivity contribution in [1.29, 1.82) is 0 Å². The maximum absolute atomic E-state index is 11.1. The van der Waals surface area contributed by atoms with E-state index >= 15 is 0 Å². The van der Waals surface area contributed by atoms with Crippen LogP contribution in [0.4, 0.5) is 0 Å². The molecule has 0 aliphatic heterocycles. The molecule has 112 valence electrons. The zero-order chi connectivity index (χ0) is 14.8. The largest absolute Gasteiger partial charge is 0.492 e.